The maximum absolute atomic E-state index is 12.4. The van der Waals surface area contributed by atoms with Crippen molar-refractivity contribution in [1.29, 1.82) is 0 Å². The average Bonchev–Trinajstić information content (AvgIpc) is 3.13. The lowest BCUT2D eigenvalue weighted by molar-refractivity contribution is 0.102. The normalized spacial score (nSPS) is 10.8. The molecule has 6 heteroatoms. The summed E-state index contributed by atoms with van der Waals surface area (Å²) in [6, 6.07) is 11.9. The van der Waals surface area contributed by atoms with Crippen molar-refractivity contribution >= 4 is 11.6 Å². The largest absolute Gasteiger partial charge is 0.504 e. The van der Waals surface area contributed by atoms with E-state index in [9.17, 15) is 9.90 Å². The number of amides is 1. The van der Waals surface area contributed by atoms with E-state index in [2.05, 4.69) is 10.3 Å². The van der Waals surface area contributed by atoms with Gasteiger partial charge >= 0.3 is 0 Å². The fraction of sp³-hybridized carbons (Fsp3) is 0.200. The summed E-state index contributed by atoms with van der Waals surface area (Å²) in [7, 11) is 1.43. The van der Waals surface area contributed by atoms with Gasteiger partial charge in [0, 0.05) is 17.2 Å². The van der Waals surface area contributed by atoms with Crippen molar-refractivity contribution in [3.05, 3.63) is 60.0 Å². The number of carbonyl (C=O) groups is 1. The van der Waals surface area contributed by atoms with E-state index < -0.39 is 5.91 Å². The molecule has 2 N–H and O–H groups in total. The maximum atomic E-state index is 12.4. The van der Waals surface area contributed by atoms with Gasteiger partial charge in [0.2, 0.25) is 5.89 Å². The Kier molecular flexibility index (Phi) is 4.93. The van der Waals surface area contributed by atoms with E-state index >= 15 is 0 Å². The predicted octanol–water partition coefficient (Wildman–Crippen LogP) is 4.43. The molecule has 1 heterocycles. The lowest BCUT2D eigenvalue weighted by atomic mass is 10.1. The third-order valence-electron chi connectivity index (χ3n) is 3.95. The lowest BCUT2D eigenvalue weighted by Crippen LogP contribution is -2.12. The average molecular weight is 352 g/mol. The maximum Gasteiger partial charge on any atom is 0.259 e. The van der Waals surface area contributed by atoms with Crippen molar-refractivity contribution in [1.82, 2.24) is 4.98 Å². The number of hydrogen-bond acceptors (Lipinski definition) is 5. The van der Waals surface area contributed by atoms with Crippen LogP contribution in [0.1, 0.15) is 35.9 Å². The summed E-state index contributed by atoms with van der Waals surface area (Å²) in [5.74, 6) is 1.27. The number of aromatic hydroxyl groups is 1. The fourth-order valence-electron chi connectivity index (χ4n) is 2.45. The van der Waals surface area contributed by atoms with Crippen molar-refractivity contribution in [3.63, 3.8) is 0 Å². The Labute approximate surface area is 151 Å². The van der Waals surface area contributed by atoms with Crippen molar-refractivity contribution in [2.75, 3.05) is 12.4 Å². The molecule has 2 aromatic carbocycles. The molecule has 26 heavy (non-hydrogen) atoms. The molecule has 134 valence electrons. The molecule has 0 atom stereocenters. The molecular weight excluding hydrogens is 332 g/mol. The molecule has 6 nitrogen and oxygen atoms in total. The number of nitrogens with zero attached hydrogens (tertiary/aromatic N) is 1. The third-order valence-corrected chi connectivity index (χ3v) is 3.95. The van der Waals surface area contributed by atoms with Gasteiger partial charge < -0.3 is 19.6 Å². The second-order valence-electron chi connectivity index (χ2n) is 6.11. The Morgan fingerprint density at radius 3 is 2.54 bits per heavy atom. The van der Waals surface area contributed by atoms with Crippen LogP contribution in [0.5, 0.6) is 11.5 Å². The minimum atomic E-state index is -0.424. The number of nitrogens with one attached hydrogen (secondary N) is 1. The molecule has 1 aromatic heterocycles. The highest BCUT2D eigenvalue weighted by molar-refractivity contribution is 6.06. The summed E-state index contributed by atoms with van der Waals surface area (Å²) in [6.07, 6.45) is 1.72. The topological polar surface area (TPSA) is 84.6 Å². The van der Waals surface area contributed by atoms with E-state index in [1.807, 2.05) is 26.0 Å². The summed E-state index contributed by atoms with van der Waals surface area (Å²) in [4.78, 5) is 16.7. The number of rotatable bonds is 5. The smallest absolute Gasteiger partial charge is 0.259 e. The van der Waals surface area contributed by atoms with Crippen molar-refractivity contribution < 1.29 is 19.1 Å². The molecule has 0 aliphatic rings. The van der Waals surface area contributed by atoms with E-state index in [0.29, 0.717) is 11.6 Å². The number of methoxy groups -OCH3 is 1. The molecule has 0 aliphatic carbocycles. The first-order valence-electron chi connectivity index (χ1n) is 8.23. The van der Waals surface area contributed by atoms with Crippen molar-refractivity contribution in [3.8, 4) is 23.0 Å². The zero-order chi connectivity index (χ0) is 18.7. The van der Waals surface area contributed by atoms with Crippen LogP contribution in [0.2, 0.25) is 0 Å². The number of oxazole rings is 1. The minimum Gasteiger partial charge on any atom is -0.504 e. The number of ether oxygens (including phenoxy) is 1. The van der Waals surface area contributed by atoms with Crippen LogP contribution >= 0.6 is 0 Å². The Bertz CT molecular complexity index is 914. The molecule has 3 aromatic rings. The van der Waals surface area contributed by atoms with E-state index in [-0.39, 0.29) is 23.0 Å². The lowest BCUT2D eigenvalue weighted by Gasteiger charge is -2.09. The molecule has 1 amide bonds. The molecule has 0 spiro atoms. The molecule has 0 aliphatic heterocycles. The molecular formula is C20H20N2O4. The molecule has 0 fully saturated rings. The summed E-state index contributed by atoms with van der Waals surface area (Å²) in [5.41, 5.74) is 1.55. The Morgan fingerprint density at radius 2 is 1.92 bits per heavy atom. The summed E-state index contributed by atoms with van der Waals surface area (Å²) < 4.78 is 10.7. The first kappa shape index (κ1) is 17.5. The number of phenolic OH excluding ortho intramolecular Hbond substituents is 1. The fourth-order valence-corrected chi connectivity index (χ4v) is 2.45. The van der Waals surface area contributed by atoms with E-state index in [4.69, 9.17) is 9.15 Å². The summed E-state index contributed by atoms with van der Waals surface area (Å²) in [6.45, 7) is 4.08. The van der Waals surface area contributed by atoms with Gasteiger partial charge in [0.25, 0.3) is 5.91 Å². The van der Waals surface area contributed by atoms with Crippen LogP contribution in [0, 0.1) is 0 Å². The molecule has 0 bridgehead atoms. The van der Waals surface area contributed by atoms with Gasteiger partial charge in [0.15, 0.2) is 11.5 Å². The number of phenols is 1. The van der Waals surface area contributed by atoms with Gasteiger partial charge in [0.1, 0.15) is 5.76 Å². The SMILES string of the molecule is COc1cccc(C(=O)Nc2ccc(-c3ncc(C(C)C)o3)cc2)c1O. The number of hydrogen-bond donors (Lipinski definition) is 2. The highest BCUT2D eigenvalue weighted by Crippen LogP contribution is 2.30. The van der Waals surface area contributed by atoms with Crippen LogP contribution in [0.4, 0.5) is 5.69 Å². The van der Waals surface area contributed by atoms with E-state index in [0.717, 1.165) is 11.3 Å². The molecule has 0 radical (unpaired) electrons. The summed E-state index contributed by atoms with van der Waals surface area (Å²) in [5, 5.41) is 12.8. The van der Waals surface area contributed by atoms with Crippen molar-refractivity contribution in [2.45, 2.75) is 19.8 Å². The zero-order valence-corrected chi connectivity index (χ0v) is 14.8. The highest BCUT2D eigenvalue weighted by Gasteiger charge is 2.15. The molecule has 3 rings (SSSR count). The first-order valence-corrected chi connectivity index (χ1v) is 8.23. The quantitative estimate of drug-likeness (QED) is 0.709. The highest BCUT2D eigenvalue weighted by atomic mass is 16.5. The van der Waals surface area contributed by atoms with Crippen molar-refractivity contribution in [2.24, 2.45) is 0 Å². The van der Waals surface area contributed by atoms with Gasteiger partial charge in [-0.2, -0.15) is 0 Å². The number of aromatic nitrogens is 1. The predicted molar refractivity (Wildman–Crippen MR) is 98.6 cm³/mol. The number of para-hydroxylation sites is 1. The van der Waals surface area contributed by atoms with Gasteiger partial charge in [0.05, 0.1) is 18.9 Å². The standard InChI is InChI=1S/C20H20N2O4/c1-12(2)17-11-21-20(26-17)13-7-9-14(10-8-13)22-19(24)15-5-4-6-16(25-3)18(15)23/h4-12,23H,1-3H3,(H,22,24). The third kappa shape index (κ3) is 3.54. The van der Waals surface area contributed by atoms with Gasteiger partial charge in [-0.05, 0) is 36.4 Å². The number of carbonyl (C=O) groups excluding carboxylic acids is 1. The number of benzene rings is 2. The van der Waals surface area contributed by atoms with Crippen LogP contribution in [-0.4, -0.2) is 23.1 Å². The van der Waals surface area contributed by atoms with Gasteiger partial charge in [-0.3, -0.25) is 4.79 Å². The Morgan fingerprint density at radius 1 is 1.19 bits per heavy atom. The van der Waals surface area contributed by atoms with E-state index in [1.54, 1.807) is 30.5 Å². The monoisotopic (exact) mass is 352 g/mol. The second kappa shape index (κ2) is 7.31. The van der Waals surface area contributed by atoms with Crippen LogP contribution in [0.3, 0.4) is 0 Å². The van der Waals surface area contributed by atoms with E-state index in [1.165, 1.54) is 13.2 Å². The second-order valence-corrected chi connectivity index (χ2v) is 6.11. The van der Waals surface area contributed by atoms with Crippen LogP contribution in [0.25, 0.3) is 11.5 Å². The van der Waals surface area contributed by atoms with Gasteiger partial charge in [-0.15, -0.1) is 0 Å². The zero-order valence-electron chi connectivity index (χ0n) is 14.8. The molecule has 0 saturated carbocycles. The first-order chi connectivity index (χ1) is 12.5. The summed E-state index contributed by atoms with van der Waals surface area (Å²) >= 11 is 0. The van der Waals surface area contributed by atoms with Crippen LogP contribution in [0.15, 0.2) is 53.1 Å². The van der Waals surface area contributed by atoms with Gasteiger partial charge in [-0.1, -0.05) is 19.9 Å². The molecule has 0 unspecified atom stereocenters. The number of anilines is 1. The molecule has 0 saturated heterocycles. The Hall–Kier alpha value is -3.28. The van der Waals surface area contributed by atoms with Gasteiger partial charge in [-0.25, -0.2) is 4.98 Å². The van der Waals surface area contributed by atoms with Crippen LogP contribution < -0.4 is 10.1 Å². The Balaban J connectivity index is 1.76. The minimum absolute atomic E-state index is 0.141. The van der Waals surface area contributed by atoms with Crippen LogP contribution in [-0.2, 0) is 0 Å².